The van der Waals surface area contributed by atoms with E-state index >= 15 is 0 Å². The zero-order chi connectivity index (χ0) is 15.4. The summed E-state index contributed by atoms with van der Waals surface area (Å²) in [6.07, 6.45) is 0.903. The van der Waals surface area contributed by atoms with Crippen LogP contribution in [0.5, 0.6) is 11.6 Å². The highest BCUT2D eigenvalue weighted by Crippen LogP contribution is 2.28. The first kappa shape index (κ1) is 15.5. The molecule has 2 rings (SSSR count). The molecule has 3 nitrogen and oxygen atoms in total. The second-order valence-corrected chi connectivity index (χ2v) is 5.50. The molecular formula is C18H24N2O. The fourth-order valence-corrected chi connectivity index (χ4v) is 2.38. The fraction of sp³-hybridized carbons (Fsp3) is 0.389. The number of hydrogen-bond acceptors (Lipinski definition) is 3. The van der Waals surface area contributed by atoms with Gasteiger partial charge in [0.25, 0.3) is 0 Å². The van der Waals surface area contributed by atoms with Crippen molar-refractivity contribution in [2.24, 2.45) is 0 Å². The van der Waals surface area contributed by atoms with Gasteiger partial charge < -0.3 is 10.1 Å². The summed E-state index contributed by atoms with van der Waals surface area (Å²) in [7, 11) is 1.95. The summed E-state index contributed by atoms with van der Waals surface area (Å²) >= 11 is 0. The summed E-state index contributed by atoms with van der Waals surface area (Å²) in [5.74, 6) is 1.57. The average Bonchev–Trinajstić information content (AvgIpc) is 2.44. The van der Waals surface area contributed by atoms with Crippen molar-refractivity contribution < 1.29 is 4.74 Å². The molecule has 0 aliphatic rings. The first-order valence-electron chi connectivity index (χ1n) is 7.43. The summed E-state index contributed by atoms with van der Waals surface area (Å²) in [6.45, 7) is 9.20. The van der Waals surface area contributed by atoms with Crippen LogP contribution in [-0.4, -0.2) is 12.0 Å². The molecule has 0 fully saturated rings. The van der Waals surface area contributed by atoms with E-state index in [1.807, 2.05) is 13.1 Å². The number of benzene rings is 1. The van der Waals surface area contributed by atoms with Crippen molar-refractivity contribution in [2.45, 2.75) is 40.7 Å². The Hall–Kier alpha value is -1.87. The molecule has 0 spiro atoms. The second-order valence-electron chi connectivity index (χ2n) is 5.50. The highest BCUT2D eigenvalue weighted by Gasteiger charge is 2.08. The number of aromatic nitrogens is 1. The van der Waals surface area contributed by atoms with E-state index in [2.05, 4.69) is 56.2 Å². The molecule has 0 unspecified atom stereocenters. The first-order chi connectivity index (χ1) is 10.0. The van der Waals surface area contributed by atoms with E-state index in [9.17, 15) is 0 Å². The normalized spacial score (nSPS) is 10.7. The first-order valence-corrected chi connectivity index (χ1v) is 7.43. The van der Waals surface area contributed by atoms with Crippen LogP contribution in [0.3, 0.4) is 0 Å². The molecule has 0 amide bonds. The number of pyridine rings is 1. The highest BCUT2D eigenvalue weighted by atomic mass is 16.5. The third-order valence-corrected chi connectivity index (χ3v) is 3.64. The van der Waals surface area contributed by atoms with E-state index < -0.39 is 0 Å². The highest BCUT2D eigenvalue weighted by molar-refractivity contribution is 5.44. The molecular weight excluding hydrogens is 260 g/mol. The van der Waals surface area contributed by atoms with Gasteiger partial charge >= 0.3 is 0 Å². The lowest BCUT2D eigenvalue weighted by Crippen LogP contribution is -2.06. The Morgan fingerprint density at radius 2 is 1.86 bits per heavy atom. The standard InChI is InChI=1S/C18H24N2O/c1-6-16-9-15(11-19-5)10-18(20-16)21-17-8-12(2)7-13(3)14(17)4/h7-10,19H,6,11H2,1-5H3. The van der Waals surface area contributed by atoms with Crippen LogP contribution in [0.1, 0.15) is 34.9 Å². The molecule has 2 aromatic rings. The van der Waals surface area contributed by atoms with Crippen molar-refractivity contribution in [3.8, 4) is 11.6 Å². The molecule has 0 aliphatic carbocycles. The van der Waals surface area contributed by atoms with Crippen molar-refractivity contribution in [3.05, 3.63) is 52.2 Å². The molecule has 1 N–H and O–H groups in total. The summed E-state index contributed by atoms with van der Waals surface area (Å²) < 4.78 is 6.06. The Balaban J connectivity index is 2.37. The number of rotatable bonds is 5. The third kappa shape index (κ3) is 3.82. The van der Waals surface area contributed by atoms with Gasteiger partial charge in [-0.2, -0.15) is 0 Å². The lowest BCUT2D eigenvalue weighted by molar-refractivity contribution is 0.455. The van der Waals surface area contributed by atoms with E-state index in [4.69, 9.17) is 4.74 Å². The molecule has 3 heteroatoms. The Morgan fingerprint density at radius 3 is 2.52 bits per heavy atom. The SMILES string of the molecule is CCc1cc(CNC)cc(Oc2cc(C)cc(C)c2C)n1. The van der Waals surface area contributed by atoms with Gasteiger partial charge in [-0.1, -0.05) is 13.0 Å². The van der Waals surface area contributed by atoms with Gasteiger partial charge in [0.15, 0.2) is 0 Å². The van der Waals surface area contributed by atoms with Crippen LogP contribution >= 0.6 is 0 Å². The monoisotopic (exact) mass is 284 g/mol. The van der Waals surface area contributed by atoms with Crippen LogP contribution < -0.4 is 10.1 Å². The lowest BCUT2D eigenvalue weighted by Gasteiger charge is -2.13. The third-order valence-electron chi connectivity index (χ3n) is 3.64. The molecule has 0 saturated carbocycles. The molecule has 21 heavy (non-hydrogen) atoms. The van der Waals surface area contributed by atoms with Crippen molar-refractivity contribution in [1.29, 1.82) is 0 Å². The quantitative estimate of drug-likeness (QED) is 0.898. The van der Waals surface area contributed by atoms with Gasteiger partial charge in [-0.15, -0.1) is 0 Å². The minimum absolute atomic E-state index is 0.674. The maximum Gasteiger partial charge on any atom is 0.219 e. The number of hydrogen-bond donors (Lipinski definition) is 1. The Bertz CT molecular complexity index is 635. The van der Waals surface area contributed by atoms with Gasteiger partial charge in [0.1, 0.15) is 5.75 Å². The van der Waals surface area contributed by atoms with Gasteiger partial charge in [0.05, 0.1) is 0 Å². The maximum atomic E-state index is 6.06. The van der Waals surface area contributed by atoms with E-state index in [1.54, 1.807) is 0 Å². The lowest BCUT2D eigenvalue weighted by atomic mass is 10.1. The average molecular weight is 284 g/mol. The van der Waals surface area contributed by atoms with Crippen molar-refractivity contribution in [3.63, 3.8) is 0 Å². The molecule has 112 valence electrons. The zero-order valence-electron chi connectivity index (χ0n) is 13.6. The van der Waals surface area contributed by atoms with Crippen molar-refractivity contribution in [2.75, 3.05) is 7.05 Å². The molecule has 0 aliphatic heterocycles. The number of nitrogens with one attached hydrogen (secondary N) is 1. The minimum atomic E-state index is 0.674. The van der Waals surface area contributed by atoms with Crippen molar-refractivity contribution in [1.82, 2.24) is 10.3 Å². The topological polar surface area (TPSA) is 34.1 Å². The molecule has 0 atom stereocenters. The van der Waals surface area contributed by atoms with Gasteiger partial charge in [-0.25, -0.2) is 4.98 Å². The Morgan fingerprint density at radius 1 is 1.10 bits per heavy atom. The zero-order valence-corrected chi connectivity index (χ0v) is 13.6. The molecule has 1 aromatic carbocycles. The summed E-state index contributed by atoms with van der Waals surface area (Å²) in [6, 6.07) is 8.37. The molecule has 0 bridgehead atoms. The summed E-state index contributed by atoms with van der Waals surface area (Å²) in [5, 5.41) is 3.17. The molecule has 1 heterocycles. The van der Waals surface area contributed by atoms with E-state index in [1.165, 1.54) is 22.3 Å². The number of ether oxygens (including phenoxy) is 1. The Labute approximate surface area is 127 Å². The predicted octanol–water partition coefficient (Wildman–Crippen LogP) is 4.08. The van der Waals surface area contributed by atoms with E-state index in [0.29, 0.717) is 5.88 Å². The van der Waals surface area contributed by atoms with Crippen LogP contribution in [0.4, 0.5) is 0 Å². The number of nitrogens with zero attached hydrogens (tertiary/aromatic N) is 1. The van der Waals surface area contributed by atoms with Gasteiger partial charge in [0.2, 0.25) is 5.88 Å². The maximum absolute atomic E-state index is 6.06. The van der Waals surface area contributed by atoms with Gasteiger partial charge in [-0.3, -0.25) is 0 Å². The van der Waals surface area contributed by atoms with Crippen LogP contribution in [0.15, 0.2) is 24.3 Å². The fourth-order valence-electron chi connectivity index (χ4n) is 2.38. The minimum Gasteiger partial charge on any atom is -0.439 e. The molecule has 0 saturated heterocycles. The van der Waals surface area contributed by atoms with E-state index in [0.717, 1.165) is 24.4 Å². The van der Waals surface area contributed by atoms with Gasteiger partial charge in [0, 0.05) is 18.3 Å². The van der Waals surface area contributed by atoms with E-state index in [-0.39, 0.29) is 0 Å². The second kappa shape index (κ2) is 6.72. The van der Waals surface area contributed by atoms with Crippen LogP contribution in [0.2, 0.25) is 0 Å². The molecule has 1 aromatic heterocycles. The number of aryl methyl sites for hydroxylation is 3. The van der Waals surface area contributed by atoms with Crippen molar-refractivity contribution >= 4 is 0 Å². The smallest absolute Gasteiger partial charge is 0.219 e. The summed E-state index contributed by atoms with van der Waals surface area (Å²) in [4.78, 5) is 4.58. The summed E-state index contributed by atoms with van der Waals surface area (Å²) in [5.41, 5.74) is 5.86. The van der Waals surface area contributed by atoms with Crippen LogP contribution in [0, 0.1) is 20.8 Å². The molecule has 0 radical (unpaired) electrons. The van der Waals surface area contributed by atoms with Crippen LogP contribution in [0.25, 0.3) is 0 Å². The van der Waals surface area contributed by atoms with Crippen LogP contribution in [-0.2, 0) is 13.0 Å². The Kier molecular flexibility index (Phi) is 4.97. The largest absolute Gasteiger partial charge is 0.439 e. The van der Waals surface area contributed by atoms with Gasteiger partial charge in [-0.05, 0) is 68.6 Å². The predicted molar refractivity (Wildman–Crippen MR) is 87.1 cm³/mol.